The molecule has 1 unspecified atom stereocenters. The minimum atomic E-state index is 0.663. The molecule has 0 aromatic carbocycles. The van der Waals surface area contributed by atoms with Crippen LogP contribution in [0.15, 0.2) is 0 Å². The first kappa shape index (κ1) is 9.96. The van der Waals surface area contributed by atoms with Gasteiger partial charge in [-0.1, -0.05) is 0 Å². The van der Waals surface area contributed by atoms with Gasteiger partial charge in [0.2, 0.25) is 0 Å². The molecule has 1 atom stereocenters. The third kappa shape index (κ3) is 3.09. The molecule has 1 saturated heterocycles. The van der Waals surface area contributed by atoms with Crippen molar-refractivity contribution in [3.8, 4) is 0 Å². The summed E-state index contributed by atoms with van der Waals surface area (Å²) in [5, 5.41) is 3.45. The van der Waals surface area contributed by atoms with E-state index >= 15 is 0 Å². The first-order valence-electron chi connectivity index (χ1n) is 4.79. The molecule has 1 fully saturated rings. The molecule has 1 aliphatic rings. The van der Waals surface area contributed by atoms with Gasteiger partial charge in [0.15, 0.2) is 0 Å². The van der Waals surface area contributed by atoms with Crippen molar-refractivity contribution in [2.45, 2.75) is 13.0 Å². The van der Waals surface area contributed by atoms with Gasteiger partial charge in [-0.3, -0.25) is 0 Å². The van der Waals surface area contributed by atoms with E-state index in [4.69, 9.17) is 0 Å². The summed E-state index contributed by atoms with van der Waals surface area (Å²) >= 11 is 0. The van der Waals surface area contributed by atoms with Gasteiger partial charge >= 0.3 is 0 Å². The van der Waals surface area contributed by atoms with Gasteiger partial charge in [0.25, 0.3) is 0 Å². The van der Waals surface area contributed by atoms with Gasteiger partial charge < -0.3 is 15.1 Å². The number of likely N-dealkylation sites (N-methyl/N-ethyl adjacent to an activating group) is 2. The third-order valence-electron chi connectivity index (χ3n) is 2.70. The fourth-order valence-electron chi connectivity index (χ4n) is 1.40. The molecule has 1 rings (SSSR count). The van der Waals surface area contributed by atoms with Gasteiger partial charge in [-0.15, -0.1) is 0 Å². The Morgan fingerprint density at radius 3 is 2.67 bits per heavy atom. The second-order valence-corrected chi connectivity index (χ2v) is 3.84. The van der Waals surface area contributed by atoms with Crippen LogP contribution in [0.2, 0.25) is 0 Å². The van der Waals surface area contributed by atoms with Crippen molar-refractivity contribution >= 4 is 0 Å². The second kappa shape index (κ2) is 4.80. The molecule has 0 radical (unpaired) electrons. The average Bonchev–Trinajstić information content (AvgIpc) is 2.11. The van der Waals surface area contributed by atoms with E-state index < -0.39 is 0 Å². The summed E-state index contributed by atoms with van der Waals surface area (Å²) in [6, 6.07) is 0.663. The van der Waals surface area contributed by atoms with Crippen LogP contribution in [-0.2, 0) is 0 Å². The summed E-state index contributed by atoms with van der Waals surface area (Å²) < 4.78 is 0. The number of hydrogen-bond acceptors (Lipinski definition) is 3. The van der Waals surface area contributed by atoms with Crippen LogP contribution in [0.5, 0.6) is 0 Å². The lowest BCUT2D eigenvalue weighted by atomic mass is 10.3. The average molecular weight is 171 g/mol. The molecule has 1 aliphatic heterocycles. The molecule has 0 amide bonds. The maximum Gasteiger partial charge on any atom is 0.0189 e. The summed E-state index contributed by atoms with van der Waals surface area (Å²) in [7, 11) is 4.39. The Bertz CT molecular complexity index is 127. The molecular weight excluding hydrogens is 150 g/mol. The summed E-state index contributed by atoms with van der Waals surface area (Å²) in [6.45, 7) is 8.04. The number of nitrogens with zero attached hydrogens (tertiary/aromatic N) is 2. The summed E-state index contributed by atoms with van der Waals surface area (Å²) in [4.78, 5) is 4.79. The van der Waals surface area contributed by atoms with Gasteiger partial charge in [-0.2, -0.15) is 0 Å². The summed E-state index contributed by atoms with van der Waals surface area (Å²) in [5.41, 5.74) is 0. The van der Waals surface area contributed by atoms with E-state index in [0.29, 0.717) is 6.04 Å². The van der Waals surface area contributed by atoms with E-state index in [1.807, 2.05) is 0 Å². The van der Waals surface area contributed by atoms with E-state index in [2.05, 4.69) is 36.1 Å². The van der Waals surface area contributed by atoms with Crippen molar-refractivity contribution in [3.63, 3.8) is 0 Å². The number of hydrogen-bond donors (Lipinski definition) is 1. The van der Waals surface area contributed by atoms with Crippen LogP contribution < -0.4 is 5.32 Å². The molecule has 12 heavy (non-hydrogen) atoms. The maximum atomic E-state index is 3.45. The van der Waals surface area contributed by atoms with Crippen molar-refractivity contribution in [1.82, 2.24) is 15.1 Å². The molecule has 1 N–H and O–H groups in total. The molecule has 0 saturated carbocycles. The van der Waals surface area contributed by atoms with Crippen LogP contribution in [0.4, 0.5) is 0 Å². The van der Waals surface area contributed by atoms with Crippen LogP contribution in [0.25, 0.3) is 0 Å². The van der Waals surface area contributed by atoms with Crippen LogP contribution >= 0.6 is 0 Å². The van der Waals surface area contributed by atoms with Crippen molar-refractivity contribution < 1.29 is 0 Å². The Morgan fingerprint density at radius 2 is 1.92 bits per heavy atom. The third-order valence-corrected chi connectivity index (χ3v) is 2.70. The minimum Gasteiger partial charge on any atom is -0.314 e. The van der Waals surface area contributed by atoms with E-state index in [-0.39, 0.29) is 0 Å². The Labute approximate surface area is 75.7 Å². The van der Waals surface area contributed by atoms with Gasteiger partial charge in [0.05, 0.1) is 0 Å². The van der Waals surface area contributed by atoms with Crippen molar-refractivity contribution in [1.29, 1.82) is 0 Å². The normalized spacial score (nSPS) is 30.8. The predicted octanol–water partition coefficient (Wildman–Crippen LogP) is -0.158. The maximum absolute atomic E-state index is 3.45. The predicted molar refractivity (Wildman–Crippen MR) is 52.5 cm³/mol. The van der Waals surface area contributed by atoms with Crippen molar-refractivity contribution in [2.24, 2.45) is 0 Å². The molecule has 0 aliphatic carbocycles. The van der Waals surface area contributed by atoms with Gasteiger partial charge in [-0.25, -0.2) is 0 Å². The Hall–Kier alpha value is -0.120. The molecule has 0 aromatic rings. The molecule has 0 aromatic heterocycles. The first-order chi connectivity index (χ1) is 5.70. The highest BCUT2D eigenvalue weighted by Gasteiger charge is 2.11. The zero-order valence-corrected chi connectivity index (χ0v) is 8.51. The standard InChI is InChI=1S/C9H21N3/c1-9-8-10-4-5-11(2)6-7-12(9)3/h9-10H,4-8H2,1-3H3. The fourth-order valence-corrected chi connectivity index (χ4v) is 1.40. The lowest BCUT2D eigenvalue weighted by molar-refractivity contribution is 0.231. The Kier molecular flexibility index (Phi) is 3.98. The topological polar surface area (TPSA) is 18.5 Å². The molecular formula is C9H21N3. The van der Waals surface area contributed by atoms with Gasteiger partial charge in [0, 0.05) is 38.8 Å². The van der Waals surface area contributed by atoms with Gasteiger partial charge in [0.1, 0.15) is 0 Å². The molecule has 0 bridgehead atoms. The van der Waals surface area contributed by atoms with Crippen molar-refractivity contribution in [2.75, 3.05) is 46.8 Å². The molecule has 3 nitrogen and oxygen atoms in total. The Balaban J connectivity index is 2.37. The number of rotatable bonds is 0. The summed E-state index contributed by atoms with van der Waals surface area (Å²) in [6.07, 6.45) is 0. The summed E-state index contributed by atoms with van der Waals surface area (Å²) in [5.74, 6) is 0. The molecule has 3 heteroatoms. The van der Waals surface area contributed by atoms with Crippen molar-refractivity contribution in [3.05, 3.63) is 0 Å². The highest BCUT2D eigenvalue weighted by atomic mass is 15.2. The van der Waals surface area contributed by atoms with E-state index in [9.17, 15) is 0 Å². The molecule has 1 heterocycles. The van der Waals surface area contributed by atoms with Crippen LogP contribution in [0.3, 0.4) is 0 Å². The van der Waals surface area contributed by atoms with E-state index in [1.165, 1.54) is 19.6 Å². The quantitative estimate of drug-likeness (QED) is 0.546. The smallest absolute Gasteiger partial charge is 0.0189 e. The van der Waals surface area contributed by atoms with Crippen LogP contribution in [-0.4, -0.2) is 62.7 Å². The lowest BCUT2D eigenvalue weighted by Crippen LogP contribution is -2.38. The molecule has 0 spiro atoms. The second-order valence-electron chi connectivity index (χ2n) is 3.84. The minimum absolute atomic E-state index is 0.663. The van der Waals surface area contributed by atoms with Crippen LogP contribution in [0.1, 0.15) is 6.92 Å². The van der Waals surface area contributed by atoms with E-state index in [0.717, 1.165) is 13.1 Å². The highest BCUT2D eigenvalue weighted by Crippen LogP contribution is 1.96. The zero-order chi connectivity index (χ0) is 8.97. The van der Waals surface area contributed by atoms with Gasteiger partial charge in [-0.05, 0) is 21.0 Å². The fraction of sp³-hybridized carbons (Fsp3) is 1.00. The van der Waals surface area contributed by atoms with E-state index in [1.54, 1.807) is 0 Å². The highest BCUT2D eigenvalue weighted by molar-refractivity contribution is 4.70. The lowest BCUT2D eigenvalue weighted by Gasteiger charge is -2.24. The zero-order valence-electron chi connectivity index (χ0n) is 8.51. The number of nitrogens with one attached hydrogen (secondary N) is 1. The largest absolute Gasteiger partial charge is 0.314 e. The SMILES string of the molecule is CC1CNCCN(C)CCN1C. The monoisotopic (exact) mass is 171 g/mol. The Morgan fingerprint density at radius 1 is 1.17 bits per heavy atom. The molecule has 72 valence electrons. The first-order valence-corrected chi connectivity index (χ1v) is 4.79. The van der Waals surface area contributed by atoms with Crippen LogP contribution in [0, 0.1) is 0 Å².